The highest BCUT2D eigenvalue weighted by atomic mass is 35.5. The lowest BCUT2D eigenvalue weighted by atomic mass is 9.96. The number of aliphatic imine (C=N–C) groups is 1. The molecule has 1 aliphatic heterocycles. The number of benzene rings is 1. The first-order valence-electron chi connectivity index (χ1n) is 11.0. The molecular weight excluding hydrogens is 501 g/mol. The van der Waals surface area contributed by atoms with E-state index in [1.54, 1.807) is 25.3 Å². The van der Waals surface area contributed by atoms with Gasteiger partial charge < -0.3 is 15.1 Å². The van der Waals surface area contributed by atoms with E-state index in [1.807, 2.05) is 0 Å². The number of rotatable bonds is 5. The Morgan fingerprint density at radius 3 is 2.78 bits per heavy atom. The number of oxazole rings is 1. The van der Waals surface area contributed by atoms with Crippen LogP contribution in [0.15, 0.2) is 75.7 Å². The Bertz CT molecular complexity index is 1610. The van der Waals surface area contributed by atoms with Crippen LogP contribution in [0.25, 0.3) is 11.1 Å². The number of carbonyl (C=O) groups excluding carboxylic acids is 2. The topological polar surface area (TPSA) is 134 Å². The van der Waals surface area contributed by atoms with Crippen molar-refractivity contribution in [3.05, 3.63) is 88.2 Å². The van der Waals surface area contributed by atoms with Crippen molar-refractivity contribution in [2.24, 2.45) is 4.99 Å². The fraction of sp³-hybridized carbons (Fsp3) is 0.120. The second kappa shape index (κ2) is 9.78. The van der Waals surface area contributed by atoms with E-state index in [1.165, 1.54) is 43.6 Å². The summed E-state index contributed by atoms with van der Waals surface area (Å²) in [4.78, 5) is 42.2. The molecule has 1 aliphatic rings. The molecule has 186 valence electrons. The summed E-state index contributed by atoms with van der Waals surface area (Å²) in [6, 6.07) is 7.97. The van der Waals surface area contributed by atoms with Crippen molar-refractivity contribution < 1.29 is 18.4 Å². The summed E-state index contributed by atoms with van der Waals surface area (Å²) in [6.07, 6.45) is 4.44. The Balaban J connectivity index is 1.48. The Labute approximate surface area is 214 Å². The largest absolute Gasteiger partial charge is 0.423 e. The van der Waals surface area contributed by atoms with Crippen molar-refractivity contribution in [3.8, 4) is 0 Å². The second-order valence-electron chi connectivity index (χ2n) is 8.14. The minimum Gasteiger partial charge on any atom is -0.423 e. The Hall–Kier alpha value is -4.64. The van der Waals surface area contributed by atoms with Gasteiger partial charge in [0, 0.05) is 41.5 Å². The third-order valence-corrected chi connectivity index (χ3v) is 5.88. The molecule has 3 aromatic heterocycles. The minimum absolute atomic E-state index is 0.0809. The van der Waals surface area contributed by atoms with Gasteiger partial charge in [0.05, 0.1) is 10.6 Å². The van der Waals surface area contributed by atoms with E-state index in [9.17, 15) is 14.0 Å². The molecule has 1 aromatic carbocycles. The van der Waals surface area contributed by atoms with E-state index >= 15 is 0 Å². The highest BCUT2D eigenvalue weighted by Crippen LogP contribution is 2.35. The summed E-state index contributed by atoms with van der Waals surface area (Å²) in [5.41, 5.74) is 2.41. The predicted molar refractivity (Wildman–Crippen MR) is 136 cm³/mol. The van der Waals surface area contributed by atoms with Crippen molar-refractivity contribution in [1.82, 2.24) is 20.3 Å². The molecule has 4 aromatic rings. The lowest BCUT2D eigenvalue weighted by Gasteiger charge is -2.26. The fourth-order valence-electron chi connectivity index (χ4n) is 3.82. The first kappa shape index (κ1) is 24.1. The zero-order chi connectivity index (χ0) is 26.1. The Kier molecular flexibility index (Phi) is 6.36. The van der Waals surface area contributed by atoms with Gasteiger partial charge in [0.2, 0.25) is 5.96 Å². The molecule has 1 unspecified atom stereocenters. The standard InChI is InChI=1S/C25H19ClFN7O3/c1-12-21(23(36)32-20-9-14(13(2)35)5-8-29-20)22(16-6-7-28-11-17(16)26)33-24(30-12)34-25-31-18-4-3-15(27)10-19(18)37-25/h3-11,22H,1-2H3,(H,29,32,36)(H2,30,31,33,34). The molecule has 0 radical (unpaired) electrons. The van der Waals surface area contributed by atoms with Crippen LogP contribution in [0.3, 0.4) is 0 Å². The summed E-state index contributed by atoms with van der Waals surface area (Å²) in [5.74, 6) is -0.652. The molecule has 0 aliphatic carbocycles. The van der Waals surface area contributed by atoms with Crippen LogP contribution in [-0.4, -0.2) is 32.6 Å². The molecule has 3 N–H and O–H groups in total. The van der Waals surface area contributed by atoms with Crippen LogP contribution in [0.4, 0.5) is 16.2 Å². The molecule has 4 heterocycles. The maximum atomic E-state index is 13.5. The third-order valence-electron chi connectivity index (χ3n) is 5.57. The number of hydrogen-bond donors (Lipinski definition) is 3. The van der Waals surface area contributed by atoms with Crippen molar-refractivity contribution in [1.29, 1.82) is 0 Å². The van der Waals surface area contributed by atoms with Crippen LogP contribution in [0.1, 0.15) is 35.8 Å². The average Bonchev–Trinajstić information content (AvgIpc) is 3.25. The third kappa shape index (κ3) is 5.02. The number of hydrogen-bond acceptors (Lipinski definition) is 9. The van der Waals surface area contributed by atoms with Crippen molar-refractivity contribution in [2.75, 3.05) is 10.6 Å². The molecule has 0 fully saturated rings. The monoisotopic (exact) mass is 519 g/mol. The number of ketones is 1. The van der Waals surface area contributed by atoms with Crippen LogP contribution >= 0.6 is 11.6 Å². The number of nitrogens with one attached hydrogen (secondary N) is 3. The van der Waals surface area contributed by atoms with Crippen molar-refractivity contribution in [2.45, 2.75) is 19.9 Å². The number of nitrogens with zero attached hydrogens (tertiary/aromatic N) is 4. The summed E-state index contributed by atoms with van der Waals surface area (Å²) in [5, 5.41) is 9.01. The highest BCUT2D eigenvalue weighted by Gasteiger charge is 2.31. The molecular formula is C25H19ClFN7O3. The van der Waals surface area contributed by atoms with Gasteiger partial charge in [0.1, 0.15) is 23.2 Å². The number of carbonyl (C=O) groups is 2. The molecule has 0 spiro atoms. The molecule has 1 amide bonds. The number of anilines is 2. The molecule has 37 heavy (non-hydrogen) atoms. The smallest absolute Gasteiger partial charge is 0.302 e. The molecule has 0 saturated heterocycles. The second-order valence-corrected chi connectivity index (χ2v) is 8.54. The van der Waals surface area contributed by atoms with Crippen LogP contribution in [0.5, 0.6) is 0 Å². The molecule has 1 atom stereocenters. The van der Waals surface area contributed by atoms with E-state index in [-0.39, 0.29) is 34.7 Å². The quantitative estimate of drug-likeness (QED) is 0.325. The van der Waals surface area contributed by atoms with Gasteiger partial charge in [-0.3, -0.25) is 19.9 Å². The van der Waals surface area contributed by atoms with Gasteiger partial charge in [0.15, 0.2) is 11.4 Å². The van der Waals surface area contributed by atoms with E-state index in [0.717, 1.165) is 0 Å². The molecule has 5 rings (SSSR count). The molecule has 0 bridgehead atoms. The summed E-state index contributed by atoms with van der Waals surface area (Å²) >= 11 is 6.42. The zero-order valence-electron chi connectivity index (χ0n) is 19.5. The van der Waals surface area contributed by atoms with Crippen LogP contribution in [0.2, 0.25) is 5.02 Å². The van der Waals surface area contributed by atoms with Gasteiger partial charge in [-0.05, 0) is 44.2 Å². The van der Waals surface area contributed by atoms with Gasteiger partial charge in [-0.25, -0.2) is 14.4 Å². The lowest BCUT2D eigenvalue weighted by molar-refractivity contribution is -0.113. The van der Waals surface area contributed by atoms with E-state index < -0.39 is 17.8 Å². The SMILES string of the molecule is CC(=O)c1ccnc(NC(=O)C2=C(C)NC(Nc3nc4ccc(F)cc4o3)=NC2c2ccncc2Cl)c1. The number of halogens is 2. The Morgan fingerprint density at radius 2 is 2.00 bits per heavy atom. The number of guanidine groups is 1. The number of amides is 1. The maximum absolute atomic E-state index is 13.5. The van der Waals surface area contributed by atoms with Crippen LogP contribution in [0, 0.1) is 5.82 Å². The number of Topliss-reactive ketones (excluding diaryl/α,β-unsaturated/α-hetero) is 1. The van der Waals surface area contributed by atoms with E-state index in [2.05, 4.69) is 35.9 Å². The number of allylic oxidation sites excluding steroid dienone is 1. The van der Waals surface area contributed by atoms with Gasteiger partial charge >= 0.3 is 6.01 Å². The number of pyridine rings is 2. The van der Waals surface area contributed by atoms with E-state index in [4.69, 9.17) is 16.0 Å². The van der Waals surface area contributed by atoms with Gasteiger partial charge in [-0.2, -0.15) is 4.98 Å². The van der Waals surface area contributed by atoms with Crippen molar-refractivity contribution >= 4 is 52.2 Å². The van der Waals surface area contributed by atoms with Crippen molar-refractivity contribution in [3.63, 3.8) is 0 Å². The van der Waals surface area contributed by atoms with Crippen LogP contribution < -0.4 is 16.0 Å². The minimum atomic E-state index is -0.836. The lowest BCUT2D eigenvalue weighted by Crippen LogP contribution is -2.37. The normalized spacial score (nSPS) is 15.2. The molecule has 0 saturated carbocycles. The Morgan fingerprint density at radius 1 is 1.16 bits per heavy atom. The van der Waals surface area contributed by atoms with E-state index in [0.29, 0.717) is 27.4 Å². The van der Waals surface area contributed by atoms with Gasteiger partial charge in [-0.15, -0.1) is 0 Å². The number of aromatic nitrogens is 3. The first-order valence-corrected chi connectivity index (χ1v) is 11.4. The van der Waals surface area contributed by atoms with Crippen LogP contribution in [-0.2, 0) is 4.79 Å². The van der Waals surface area contributed by atoms with Gasteiger partial charge in [-0.1, -0.05) is 11.6 Å². The summed E-state index contributed by atoms with van der Waals surface area (Å²) in [6.45, 7) is 3.13. The fourth-order valence-corrected chi connectivity index (χ4v) is 4.04. The zero-order valence-corrected chi connectivity index (χ0v) is 20.3. The molecule has 10 nitrogen and oxygen atoms in total. The highest BCUT2D eigenvalue weighted by molar-refractivity contribution is 6.31. The van der Waals surface area contributed by atoms with Gasteiger partial charge in [0.25, 0.3) is 5.91 Å². The number of fused-ring (bicyclic) bond motifs is 1. The average molecular weight is 520 g/mol. The molecule has 12 heteroatoms. The summed E-state index contributed by atoms with van der Waals surface area (Å²) < 4.78 is 19.1. The first-order chi connectivity index (χ1) is 17.8. The predicted octanol–water partition coefficient (Wildman–Crippen LogP) is 4.64. The summed E-state index contributed by atoms with van der Waals surface area (Å²) in [7, 11) is 0. The maximum Gasteiger partial charge on any atom is 0.302 e.